The van der Waals surface area contributed by atoms with Crippen molar-refractivity contribution in [2.75, 3.05) is 0 Å². The van der Waals surface area contributed by atoms with Gasteiger partial charge in [0.05, 0.1) is 27.8 Å². The molecule has 0 spiro atoms. The highest BCUT2D eigenvalue weighted by atomic mass is 15.2. The molecule has 0 radical (unpaired) electrons. The molecule has 0 amide bonds. The molecule has 0 aliphatic rings. The van der Waals surface area contributed by atoms with Crippen molar-refractivity contribution in [1.29, 1.82) is 0 Å². The molecule has 0 fully saturated rings. The second-order valence-electron chi connectivity index (χ2n) is 12.8. The maximum atomic E-state index is 5.32. The highest BCUT2D eigenvalue weighted by molar-refractivity contribution is 6.30. The summed E-state index contributed by atoms with van der Waals surface area (Å²) in [6.07, 6.45) is 0. The lowest BCUT2D eigenvalue weighted by molar-refractivity contribution is 1.18. The first-order valence-corrected chi connectivity index (χ1v) is 17.2. The second-order valence-corrected chi connectivity index (χ2v) is 12.8. The van der Waals surface area contributed by atoms with Crippen LogP contribution in [0.5, 0.6) is 0 Å². The van der Waals surface area contributed by atoms with Crippen LogP contribution in [0.15, 0.2) is 192 Å². The van der Waals surface area contributed by atoms with E-state index in [1.807, 2.05) is 36.4 Å². The van der Waals surface area contributed by atoms with Crippen molar-refractivity contribution in [2.24, 2.45) is 9.98 Å². The van der Waals surface area contributed by atoms with Gasteiger partial charge in [0, 0.05) is 32.9 Å². The van der Waals surface area contributed by atoms with Gasteiger partial charge in [-0.15, -0.1) is 0 Å². The molecule has 0 bridgehead atoms. The number of para-hydroxylation sites is 3. The van der Waals surface area contributed by atoms with Crippen molar-refractivity contribution in [3.8, 4) is 16.8 Å². The molecular formula is C47H34N4. The lowest BCUT2D eigenvalue weighted by atomic mass is 10.0. The number of benzene rings is 7. The molecule has 2 aromatic heterocycles. The summed E-state index contributed by atoms with van der Waals surface area (Å²) in [5, 5.41) is 4.73. The molecule has 0 unspecified atom stereocenters. The van der Waals surface area contributed by atoms with Gasteiger partial charge in [0.15, 0.2) is 0 Å². The van der Waals surface area contributed by atoms with Gasteiger partial charge in [0.1, 0.15) is 0 Å². The van der Waals surface area contributed by atoms with Gasteiger partial charge < -0.3 is 4.57 Å². The average molecular weight is 655 g/mol. The van der Waals surface area contributed by atoms with E-state index in [1.165, 1.54) is 32.8 Å². The van der Waals surface area contributed by atoms with Gasteiger partial charge in [-0.05, 0) is 65.6 Å². The lowest BCUT2D eigenvalue weighted by Crippen LogP contribution is -2.12. The first-order valence-electron chi connectivity index (χ1n) is 17.2. The third-order valence-corrected chi connectivity index (χ3v) is 9.71. The molecule has 4 heteroatoms. The van der Waals surface area contributed by atoms with Crippen LogP contribution < -0.4 is 0 Å². The molecule has 9 rings (SSSR count). The maximum Gasteiger partial charge on any atom is 0.235 e. The van der Waals surface area contributed by atoms with Gasteiger partial charge in [-0.25, -0.2) is 9.98 Å². The van der Waals surface area contributed by atoms with Crippen LogP contribution in [0, 0.1) is 0 Å². The summed E-state index contributed by atoms with van der Waals surface area (Å²) >= 11 is 0. The molecule has 9 aromatic rings. The molecule has 0 N–H and O–H groups in total. The summed E-state index contributed by atoms with van der Waals surface area (Å²) in [6, 6.07) is 61.4. The molecule has 242 valence electrons. The zero-order valence-corrected chi connectivity index (χ0v) is 28.2. The molecule has 7 aromatic carbocycles. The van der Waals surface area contributed by atoms with E-state index in [0.29, 0.717) is 11.7 Å². The van der Waals surface area contributed by atoms with Gasteiger partial charge in [0.2, 0.25) is 5.96 Å². The van der Waals surface area contributed by atoms with Crippen LogP contribution >= 0.6 is 0 Å². The quantitative estimate of drug-likeness (QED) is 0.131. The summed E-state index contributed by atoms with van der Waals surface area (Å²) in [5.41, 5.74) is 11.4. The predicted molar refractivity (Wildman–Crippen MR) is 216 cm³/mol. The van der Waals surface area contributed by atoms with Crippen molar-refractivity contribution in [1.82, 2.24) is 9.13 Å². The molecular weight excluding hydrogens is 621 g/mol. The van der Waals surface area contributed by atoms with E-state index in [4.69, 9.17) is 9.98 Å². The first-order chi connectivity index (χ1) is 25.2. The van der Waals surface area contributed by atoms with Crippen LogP contribution in [0.25, 0.3) is 66.1 Å². The normalized spacial score (nSPS) is 12.3. The molecule has 0 saturated heterocycles. The Kier molecular flexibility index (Phi) is 7.48. The Bertz CT molecular complexity index is 2780. The van der Waals surface area contributed by atoms with Gasteiger partial charge in [-0.2, -0.15) is 0 Å². The topological polar surface area (TPSA) is 34.6 Å². The lowest BCUT2D eigenvalue weighted by Gasteiger charge is -2.11. The fraction of sp³-hybridized carbons (Fsp3) is 0.0213. The Labute approximate surface area is 296 Å². The van der Waals surface area contributed by atoms with E-state index in [2.05, 4.69) is 162 Å². The number of fused-ring (bicyclic) bond motifs is 7. The van der Waals surface area contributed by atoms with Gasteiger partial charge in [0.25, 0.3) is 0 Å². The molecule has 0 atom stereocenters. The maximum absolute atomic E-state index is 5.32. The summed E-state index contributed by atoms with van der Waals surface area (Å²) in [7, 11) is 0. The number of aromatic nitrogens is 2. The molecule has 2 heterocycles. The third-order valence-electron chi connectivity index (χ3n) is 9.71. The Morgan fingerprint density at radius 1 is 0.451 bits per heavy atom. The Hall–Kier alpha value is -6.78. The van der Waals surface area contributed by atoms with Gasteiger partial charge >= 0.3 is 0 Å². The SMILES string of the molecule is C=C(N=C(N=C(C)c1ccc(-c2ccccc2)cc1)n1c2ccccc2c2c3c4ccccc4n(-c4ccccc4)c3ccc21)c1ccccc1. The molecule has 0 aliphatic carbocycles. The highest BCUT2D eigenvalue weighted by Gasteiger charge is 2.22. The zero-order chi connectivity index (χ0) is 34.3. The first kappa shape index (κ1) is 30.3. The average Bonchev–Trinajstić information content (AvgIpc) is 3.71. The van der Waals surface area contributed by atoms with Gasteiger partial charge in [-0.1, -0.05) is 146 Å². The van der Waals surface area contributed by atoms with Crippen molar-refractivity contribution >= 4 is 61.0 Å². The van der Waals surface area contributed by atoms with Crippen LogP contribution in [0.1, 0.15) is 18.1 Å². The third kappa shape index (κ3) is 5.25. The van der Waals surface area contributed by atoms with Crippen LogP contribution in [0.3, 0.4) is 0 Å². The molecule has 4 nitrogen and oxygen atoms in total. The van der Waals surface area contributed by atoms with Gasteiger partial charge in [-0.3, -0.25) is 4.57 Å². The minimum atomic E-state index is 0.561. The number of hydrogen-bond donors (Lipinski definition) is 0. The highest BCUT2D eigenvalue weighted by Crippen LogP contribution is 2.41. The van der Waals surface area contributed by atoms with Crippen LogP contribution in [0.2, 0.25) is 0 Å². The van der Waals surface area contributed by atoms with E-state index in [1.54, 1.807) is 0 Å². The van der Waals surface area contributed by atoms with Crippen molar-refractivity contribution in [3.05, 3.63) is 194 Å². The Balaban J connectivity index is 1.30. The van der Waals surface area contributed by atoms with E-state index in [9.17, 15) is 0 Å². The van der Waals surface area contributed by atoms with E-state index < -0.39 is 0 Å². The van der Waals surface area contributed by atoms with Crippen molar-refractivity contribution in [2.45, 2.75) is 6.92 Å². The number of nitrogens with zero attached hydrogens (tertiary/aromatic N) is 4. The largest absolute Gasteiger partial charge is 0.309 e. The predicted octanol–water partition coefficient (Wildman–Crippen LogP) is 11.9. The molecule has 0 saturated carbocycles. The standard InChI is InChI=1S/C47H34N4/c1-32(34-16-6-3-7-17-34)48-47(49-33(2)35-26-28-37(29-27-35)36-18-8-4-9-19-36)51-42-25-15-13-23-40(42)46-44(51)31-30-43-45(46)39-22-12-14-24-41(39)50(43)38-20-10-5-11-21-38/h3-31H,1H2,2H3. The summed E-state index contributed by atoms with van der Waals surface area (Å²) in [4.78, 5) is 10.5. The number of hydrogen-bond acceptors (Lipinski definition) is 1. The smallest absolute Gasteiger partial charge is 0.235 e. The summed E-state index contributed by atoms with van der Waals surface area (Å²) in [5.74, 6) is 0.561. The minimum absolute atomic E-state index is 0.561. The Morgan fingerprint density at radius 3 is 1.69 bits per heavy atom. The van der Waals surface area contributed by atoms with Crippen molar-refractivity contribution in [3.63, 3.8) is 0 Å². The number of aliphatic imine (C=N–C) groups is 2. The second kappa shape index (κ2) is 12.6. The zero-order valence-electron chi connectivity index (χ0n) is 28.2. The van der Waals surface area contributed by atoms with E-state index in [-0.39, 0.29) is 0 Å². The molecule has 51 heavy (non-hydrogen) atoms. The fourth-order valence-electron chi connectivity index (χ4n) is 7.28. The van der Waals surface area contributed by atoms with E-state index >= 15 is 0 Å². The Morgan fingerprint density at radius 2 is 0.980 bits per heavy atom. The number of rotatable bonds is 5. The fourth-order valence-corrected chi connectivity index (χ4v) is 7.28. The van der Waals surface area contributed by atoms with E-state index in [0.717, 1.165) is 44.5 Å². The van der Waals surface area contributed by atoms with Crippen molar-refractivity contribution < 1.29 is 0 Å². The summed E-state index contributed by atoms with van der Waals surface area (Å²) in [6.45, 7) is 6.47. The minimum Gasteiger partial charge on any atom is -0.309 e. The summed E-state index contributed by atoms with van der Waals surface area (Å²) < 4.78 is 4.57. The van der Waals surface area contributed by atoms with Crippen LogP contribution in [-0.4, -0.2) is 20.8 Å². The van der Waals surface area contributed by atoms with Crippen LogP contribution in [0.4, 0.5) is 0 Å². The molecule has 0 aliphatic heterocycles. The van der Waals surface area contributed by atoms with Crippen LogP contribution in [-0.2, 0) is 0 Å². The monoisotopic (exact) mass is 654 g/mol.